The molecular formula is C14H23N3O3. The number of urea groups is 1. The van der Waals surface area contributed by atoms with Crippen molar-refractivity contribution in [2.45, 2.75) is 44.2 Å². The number of amides is 2. The molecule has 2 N–H and O–H groups in total. The third-order valence-corrected chi connectivity index (χ3v) is 4.74. The number of nitrogens with zero attached hydrogens (tertiary/aromatic N) is 2. The molecule has 0 radical (unpaired) electrons. The highest BCUT2D eigenvalue weighted by molar-refractivity contribution is 5.75. The molecule has 1 saturated carbocycles. The number of rotatable bonds is 3. The van der Waals surface area contributed by atoms with E-state index in [4.69, 9.17) is 5.11 Å². The van der Waals surface area contributed by atoms with Gasteiger partial charge in [0, 0.05) is 38.3 Å². The van der Waals surface area contributed by atoms with Gasteiger partial charge in [-0.05, 0) is 32.1 Å². The molecule has 0 aromatic heterocycles. The zero-order valence-corrected chi connectivity index (χ0v) is 11.8. The maximum absolute atomic E-state index is 12.2. The highest BCUT2D eigenvalue weighted by atomic mass is 16.4. The Balaban J connectivity index is 1.42. The maximum atomic E-state index is 12.2. The average molecular weight is 281 g/mol. The van der Waals surface area contributed by atoms with Gasteiger partial charge in [-0.25, -0.2) is 4.79 Å². The van der Waals surface area contributed by atoms with E-state index >= 15 is 0 Å². The van der Waals surface area contributed by atoms with Gasteiger partial charge in [0.15, 0.2) is 0 Å². The summed E-state index contributed by atoms with van der Waals surface area (Å²) in [5, 5.41) is 12.1. The third kappa shape index (κ3) is 3.06. The monoisotopic (exact) mass is 281 g/mol. The van der Waals surface area contributed by atoms with Crippen molar-refractivity contribution in [2.24, 2.45) is 5.92 Å². The molecule has 2 amide bonds. The molecule has 20 heavy (non-hydrogen) atoms. The first-order valence-corrected chi connectivity index (χ1v) is 7.66. The quantitative estimate of drug-likeness (QED) is 0.800. The molecule has 2 aliphatic heterocycles. The van der Waals surface area contributed by atoms with Crippen LogP contribution in [-0.4, -0.2) is 65.2 Å². The number of likely N-dealkylation sites (tertiary alicyclic amines) is 2. The Morgan fingerprint density at radius 1 is 1.00 bits per heavy atom. The molecule has 1 unspecified atom stereocenters. The summed E-state index contributed by atoms with van der Waals surface area (Å²) in [4.78, 5) is 27.3. The smallest absolute Gasteiger partial charge is 0.317 e. The zero-order chi connectivity index (χ0) is 14.1. The lowest BCUT2D eigenvalue weighted by molar-refractivity contribution is -0.143. The van der Waals surface area contributed by atoms with Crippen molar-refractivity contribution in [1.29, 1.82) is 0 Å². The normalized spacial score (nSPS) is 28.6. The van der Waals surface area contributed by atoms with Crippen LogP contribution in [0.5, 0.6) is 0 Å². The van der Waals surface area contributed by atoms with E-state index in [0.29, 0.717) is 25.9 Å². The molecule has 0 spiro atoms. The first-order valence-electron chi connectivity index (χ1n) is 7.66. The number of nitrogens with one attached hydrogen (secondary N) is 1. The second-order valence-corrected chi connectivity index (χ2v) is 6.26. The highest BCUT2D eigenvalue weighted by Gasteiger charge is 2.35. The molecule has 1 atom stereocenters. The molecule has 0 aromatic carbocycles. The van der Waals surface area contributed by atoms with Crippen molar-refractivity contribution in [1.82, 2.24) is 15.1 Å². The van der Waals surface area contributed by atoms with E-state index in [1.54, 1.807) is 4.90 Å². The number of hydrogen-bond donors (Lipinski definition) is 2. The van der Waals surface area contributed by atoms with Crippen LogP contribution in [0.25, 0.3) is 0 Å². The third-order valence-electron chi connectivity index (χ3n) is 4.74. The number of hydrogen-bond acceptors (Lipinski definition) is 3. The summed E-state index contributed by atoms with van der Waals surface area (Å²) in [7, 11) is 0. The Hall–Kier alpha value is -1.30. The molecule has 2 saturated heterocycles. The second-order valence-electron chi connectivity index (χ2n) is 6.26. The van der Waals surface area contributed by atoms with E-state index in [-0.39, 0.29) is 18.0 Å². The van der Waals surface area contributed by atoms with Gasteiger partial charge in [-0.1, -0.05) is 0 Å². The average Bonchev–Trinajstić information content (AvgIpc) is 3.20. The van der Waals surface area contributed by atoms with Crippen molar-refractivity contribution >= 4 is 12.0 Å². The predicted molar refractivity (Wildman–Crippen MR) is 73.5 cm³/mol. The molecule has 6 heteroatoms. The van der Waals surface area contributed by atoms with Gasteiger partial charge in [-0.15, -0.1) is 0 Å². The van der Waals surface area contributed by atoms with Gasteiger partial charge < -0.3 is 15.3 Å². The van der Waals surface area contributed by atoms with Gasteiger partial charge in [0.2, 0.25) is 0 Å². The number of carbonyl (C=O) groups excluding carboxylic acids is 1. The van der Waals surface area contributed by atoms with Gasteiger partial charge in [0.1, 0.15) is 0 Å². The lowest BCUT2D eigenvalue weighted by Crippen LogP contribution is -2.49. The fourth-order valence-electron chi connectivity index (χ4n) is 3.27. The number of aliphatic carboxylic acids is 1. The summed E-state index contributed by atoms with van der Waals surface area (Å²) in [6.07, 6.45) is 4.80. The topological polar surface area (TPSA) is 72.9 Å². The Morgan fingerprint density at radius 3 is 2.30 bits per heavy atom. The van der Waals surface area contributed by atoms with Crippen LogP contribution < -0.4 is 5.32 Å². The van der Waals surface area contributed by atoms with Gasteiger partial charge in [-0.2, -0.15) is 0 Å². The number of carboxylic acids is 1. The van der Waals surface area contributed by atoms with E-state index in [1.807, 2.05) is 0 Å². The van der Waals surface area contributed by atoms with Crippen molar-refractivity contribution in [2.75, 3.05) is 26.2 Å². The Morgan fingerprint density at radius 2 is 1.70 bits per heavy atom. The molecule has 112 valence electrons. The SMILES string of the molecule is O=C(O)C1CCN(C(=O)NC2CCN(C3CC3)C2)CC1. The summed E-state index contributed by atoms with van der Waals surface area (Å²) in [6, 6.07) is 1.01. The summed E-state index contributed by atoms with van der Waals surface area (Å²) < 4.78 is 0. The predicted octanol–water partition coefficient (Wildman–Crippen LogP) is 0.729. The van der Waals surface area contributed by atoms with Crippen LogP contribution >= 0.6 is 0 Å². The summed E-state index contributed by atoms with van der Waals surface area (Å²) >= 11 is 0. The van der Waals surface area contributed by atoms with Crippen LogP contribution in [0.2, 0.25) is 0 Å². The van der Waals surface area contributed by atoms with Crippen LogP contribution in [0.1, 0.15) is 32.1 Å². The van der Waals surface area contributed by atoms with Crippen LogP contribution in [0.4, 0.5) is 4.79 Å². The Kier molecular flexibility index (Phi) is 3.83. The minimum Gasteiger partial charge on any atom is -0.481 e. The van der Waals surface area contributed by atoms with Gasteiger partial charge in [-0.3, -0.25) is 9.69 Å². The minimum atomic E-state index is -0.735. The molecule has 2 heterocycles. The Bertz CT molecular complexity index is 389. The molecule has 3 fully saturated rings. The lowest BCUT2D eigenvalue weighted by Gasteiger charge is -2.31. The summed E-state index contributed by atoms with van der Waals surface area (Å²) in [6.45, 7) is 3.18. The minimum absolute atomic E-state index is 0.0171. The van der Waals surface area contributed by atoms with Crippen LogP contribution in [0, 0.1) is 5.92 Å². The standard InChI is InChI=1S/C14H23N3O3/c18-13(19)10-3-6-16(7-4-10)14(20)15-11-5-8-17(9-11)12-1-2-12/h10-12H,1-9H2,(H,15,20)(H,18,19). The van der Waals surface area contributed by atoms with Crippen molar-refractivity contribution < 1.29 is 14.7 Å². The lowest BCUT2D eigenvalue weighted by atomic mass is 9.97. The second kappa shape index (κ2) is 5.60. The van der Waals surface area contributed by atoms with Crippen LogP contribution in [0.15, 0.2) is 0 Å². The van der Waals surface area contributed by atoms with E-state index in [1.165, 1.54) is 12.8 Å². The molecule has 0 aromatic rings. The number of piperidine rings is 1. The summed E-state index contributed by atoms with van der Waals surface area (Å²) in [5.74, 6) is -1.02. The zero-order valence-electron chi connectivity index (χ0n) is 11.8. The van der Waals surface area contributed by atoms with Crippen LogP contribution in [0.3, 0.4) is 0 Å². The van der Waals surface area contributed by atoms with E-state index in [9.17, 15) is 9.59 Å². The molecule has 3 aliphatic rings. The van der Waals surface area contributed by atoms with Gasteiger partial charge in [0.25, 0.3) is 0 Å². The van der Waals surface area contributed by atoms with Gasteiger partial charge >= 0.3 is 12.0 Å². The number of carbonyl (C=O) groups is 2. The Labute approximate surface area is 119 Å². The summed E-state index contributed by atoms with van der Waals surface area (Å²) in [5.41, 5.74) is 0. The van der Waals surface area contributed by atoms with Gasteiger partial charge in [0.05, 0.1) is 5.92 Å². The molecule has 6 nitrogen and oxygen atoms in total. The highest BCUT2D eigenvalue weighted by Crippen LogP contribution is 2.29. The largest absolute Gasteiger partial charge is 0.481 e. The van der Waals surface area contributed by atoms with E-state index < -0.39 is 5.97 Å². The van der Waals surface area contributed by atoms with Crippen molar-refractivity contribution in [3.8, 4) is 0 Å². The maximum Gasteiger partial charge on any atom is 0.317 e. The van der Waals surface area contributed by atoms with E-state index in [0.717, 1.165) is 25.6 Å². The first-order chi connectivity index (χ1) is 9.63. The number of carboxylic acid groups (broad SMARTS) is 1. The first kappa shape index (κ1) is 13.7. The molecule has 3 rings (SSSR count). The fourth-order valence-corrected chi connectivity index (χ4v) is 3.27. The molecule has 1 aliphatic carbocycles. The van der Waals surface area contributed by atoms with Crippen molar-refractivity contribution in [3.63, 3.8) is 0 Å². The fraction of sp³-hybridized carbons (Fsp3) is 0.857. The van der Waals surface area contributed by atoms with Crippen molar-refractivity contribution in [3.05, 3.63) is 0 Å². The van der Waals surface area contributed by atoms with E-state index in [2.05, 4.69) is 10.2 Å². The molecule has 0 bridgehead atoms. The molecular weight excluding hydrogens is 258 g/mol. The van der Waals surface area contributed by atoms with Crippen LogP contribution in [-0.2, 0) is 4.79 Å².